The SMILES string of the molecule is COC(=O)[C@H](CC[S@](=O)c1ccccc1)NC(=O)CCC(=O)N[C@H](C)c1ccccc1. The van der Waals surface area contributed by atoms with E-state index in [9.17, 15) is 18.6 Å². The van der Waals surface area contributed by atoms with Crippen LogP contribution in [0.4, 0.5) is 0 Å². The van der Waals surface area contributed by atoms with Gasteiger partial charge in [0.15, 0.2) is 0 Å². The van der Waals surface area contributed by atoms with Crippen molar-refractivity contribution in [3.05, 3.63) is 66.2 Å². The predicted molar refractivity (Wildman–Crippen MR) is 119 cm³/mol. The van der Waals surface area contributed by atoms with Gasteiger partial charge < -0.3 is 15.4 Å². The maximum atomic E-state index is 12.4. The zero-order chi connectivity index (χ0) is 22.6. The van der Waals surface area contributed by atoms with E-state index < -0.39 is 28.7 Å². The second-order valence-corrected chi connectivity index (χ2v) is 8.57. The van der Waals surface area contributed by atoms with Crippen LogP contribution in [-0.4, -0.2) is 40.9 Å². The highest BCUT2D eigenvalue weighted by Crippen LogP contribution is 2.12. The molecular weight excluding hydrogens is 416 g/mol. The third-order valence-corrected chi connectivity index (χ3v) is 6.08. The van der Waals surface area contributed by atoms with Gasteiger partial charge in [-0.05, 0) is 31.0 Å². The molecule has 0 radical (unpaired) electrons. The molecule has 0 aromatic heterocycles. The highest BCUT2D eigenvalue weighted by molar-refractivity contribution is 7.85. The number of methoxy groups -OCH3 is 1. The first-order chi connectivity index (χ1) is 14.9. The fourth-order valence-electron chi connectivity index (χ4n) is 2.94. The van der Waals surface area contributed by atoms with Crippen LogP contribution in [0.15, 0.2) is 65.6 Å². The number of hydrogen-bond donors (Lipinski definition) is 2. The Morgan fingerprint density at radius 2 is 1.45 bits per heavy atom. The summed E-state index contributed by atoms with van der Waals surface area (Å²) in [4.78, 5) is 37.1. The Morgan fingerprint density at radius 3 is 2.03 bits per heavy atom. The van der Waals surface area contributed by atoms with Crippen LogP contribution in [0.5, 0.6) is 0 Å². The maximum Gasteiger partial charge on any atom is 0.328 e. The monoisotopic (exact) mass is 444 g/mol. The summed E-state index contributed by atoms with van der Waals surface area (Å²) >= 11 is 0. The van der Waals surface area contributed by atoms with Gasteiger partial charge in [-0.25, -0.2) is 4.79 Å². The van der Waals surface area contributed by atoms with Crippen LogP contribution in [0, 0.1) is 0 Å². The van der Waals surface area contributed by atoms with Gasteiger partial charge in [-0.15, -0.1) is 0 Å². The van der Waals surface area contributed by atoms with Crippen molar-refractivity contribution < 1.29 is 23.3 Å². The average Bonchev–Trinajstić information content (AvgIpc) is 2.80. The van der Waals surface area contributed by atoms with Gasteiger partial charge in [0.2, 0.25) is 11.8 Å². The molecule has 0 aliphatic rings. The molecule has 2 aromatic rings. The third-order valence-electron chi connectivity index (χ3n) is 4.68. The van der Waals surface area contributed by atoms with Crippen molar-refractivity contribution in [2.75, 3.05) is 12.9 Å². The van der Waals surface area contributed by atoms with Crippen molar-refractivity contribution in [1.29, 1.82) is 0 Å². The topological polar surface area (TPSA) is 102 Å². The Balaban J connectivity index is 1.81. The van der Waals surface area contributed by atoms with Crippen molar-refractivity contribution in [3.8, 4) is 0 Å². The minimum atomic E-state index is -1.30. The van der Waals surface area contributed by atoms with E-state index >= 15 is 0 Å². The second kappa shape index (κ2) is 12.6. The average molecular weight is 445 g/mol. The van der Waals surface area contributed by atoms with E-state index in [-0.39, 0.29) is 37.0 Å². The van der Waals surface area contributed by atoms with Crippen LogP contribution < -0.4 is 10.6 Å². The molecule has 7 nitrogen and oxygen atoms in total. The van der Waals surface area contributed by atoms with E-state index in [1.807, 2.05) is 43.3 Å². The van der Waals surface area contributed by atoms with Gasteiger partial charge in [0.05, 0.1) is 24.0 Å². The lowest BCUT2D eigenvalue weighted by molar-refractivity contribution is -0.145. The molecule has 0 fully saturated rings. The summed E-state index contributed by atoms with van der Waals surface area (Å²) in [5.74, 6) is -1.12. The summed E-state index contributed by atoms with van der Waals surface area (Å²) < 4.78 is 17.1. The number of ether oxygens (including phenoxy) is 1. The van der Waals surface area contributed by atoms with E-state index in [4.69, 9.17) is 4.74 Å². The summed E-state index contributed by atoms with van der Waals surface area (Å²) in [5, 5.41) is 5.43. The summed E-state index contributed by atoms with van der Waals surface area (Å²) in [7, 11) is -0.0664. The standard InChI is InChI=1S/C23H28N2O5S/c1-17(18-9-5-3-6-10-18)24-21(26)13-14-22(27)25-20(23(28)30-2)15-16-31(29)19-11-7-4-8-12-19/h3-12,17,20H,13-16H2,1-2H3,(H,24,26)(H,25,27)/t17-,20+,31+/m1/s1. The quantitative estimate of drug-likeness (QED) is 0.519. The Bertz CT molecular complexity index is 889. The molecule has 2 aromatic carbocycles. The highest BCUT2D eigenvalue weighted by Gasteiger charge is 2.23. The highest BCUT2D eigenvalue weighted by atomic mass is 32.2. The Kier molecular flexibility index (Phi) is 9.90. The molecule has 2 amide bonds. The van der Waals surface area contributed by atoms with E-state index in [0.717, 1.165) is 5.56 Å². The van der Waals surface area contributed by atoms with Gasteiger partial charge in [-0.2, -0.15) is 0 Å². The third kappa shape index (κ3) is 8.33. The first-order valence-electron chi connectivity index (χ1n) is 10.1. The van der Waals surface area contributed by atoms with Crippen LogP contribution in [-0.2, 0) is 29.9 Å². The van der Waals surface area contributed by atoms with Crippen LogP contribution >= 0.6 is 0 Å². The molecular formula is C23H28N2O5S. The van der Waals surface area contributed by atoms with Crippen molar-refractivity contribution in [3.63, 3.8) is 0 Å². The lowest BCUT2D eigenvalue weighted by atomic mass is 10.1. The molecule has 2 N–H and O–H groups in total. The number of hydrogen-bond acceptors (Lipinski definition) is 5. The second-order valence-electron chi connectivity index (χ2n) is 6.99. The van der Waals surface area contributed by atoms with Gasteiger partial charge in [-0.3, -0.25) is 13.8 Å². The van der Waals surface area contributed by atoms with E-state index in [1.165, 1.54) is 7.11 Å². The maximum absolute atomic E-state index is 12.4. The number of carbonyl (C=O) groups is 3. The van der Waals surface area contributed by atoms with E-state index in [1.54, 1.807) is 24.3 Å². The molecule has 0 aliphatic heterocycles. The van der Waals surface area contributed by atoms with Crippen LogP contribution in [0.1, 0.15) is 37.8 Å². The first-order valence-corrected chi connectivity index (χ1v) is 11.4. The Hall–Kier alpha value is -3.00. The zero-order valence-corrected chi connectivity index (χ0v) is 18.5. The van der Waals surface area contributed by atoms with Gasteiger partial charge in [-0.1, -0.05) is 48.5 Å². The van der Waals surface area contributed by atoms with Crippen LogP contribution in [0.25, 0.3) is 0 Å². The molecule has 0 aliphatic carbocycles. The van der Waals surface area contributed by atoms with Gasteiger partial charge in [0.1, 0.15) is 6.04 Å². The summed E-state index contributed by atoms with van der Waals surface area (Å²) in [5.41, 5.74) is 0.970. The van der Waals surface area contributed by atoms with Crippen molar-refractivity contribution in [2.24, 2.45) is 0 Å². The minimum absolute atomic E-state index is 0.00710. The molecule has 0 heterocycles. The van der Waals surface area contributed by atoms with Gasteiger partial charge in [0, 0.05) is 23.5 Å². The molecule has 2 rings (SSSR count). The number of esters is 1. The largest absolute Gasteiger partial charge is 0.467 e. The number of carbonyl (C=O) groups excluding carboxylic acids is 3. The molecule has 0 bridgehead atoms. The van der Waals surface area contributed by atoms with Crippen molar-refractivity contribution >= 4 is 28.6 Å². The number of nitrogens with one attached hydrogen (secondary N) is 2. The summed E-state index contributed by atoms with van der Waals surface area (Å²) in [6.07, 6.45) is 0.0899. The Morgan fingerprint density at radius 1 is 0.903 bits per heavy atom. The molecule has 31 heavy (non-hydrogen) atoms. The van der Waals surface area contributed by atoms with E-state index in [2.05, 4.69) is 10.6 Å². The smallest absolute Gasteiger partial charge is 0.328 e. The molecule has 0 saturated carbocycles. The fraction of sp³-hybridized carbons (Fsp3) is 0.348. The Labute approximate surface area is 185 Å². The lowest BCUT2D eigenvalue weighted by Crippen LogP contribution is -2.42. The van der Waals surface area contributed by atoms with Crippen molar-refractivity contribution in [2.45, 2.75) is 43.2 Å². The van der Waals surface area contributed by atoms with Crippen molar-refractivity contribution in [1.82, 2.24) is 10.6 Å². The molecule has 3 atom stereocenters. The summed E-state index contributed by atoms with van der Waals surface area (Å²) in [6, 6.07) is 17.3. The van der Waals surface area contributed by atoms with Gasteiger partial charge >= 0.3 is 5.97 Å². The number of amides is 2. The number of rotatable bonds is 11. The predicted octanol–water partition coefficient (Wildman–Crippen LogP) is 2.50. The summed E-state index contributed by atoms with van der Waals surface area (Å²) in [6.45, 7) is 1.87. The minimum Gasteiger partial charge on any atom is -0.467 e. The van der Waals surface area contributed by atoms with Crippen LogP contribution in [0.3, 0.4) is 0 Å². The number of benzene rings is 2. The fourth-order valence-corrected chi connectivity index (χ4v) is 4.08. The molecule has 0 saturated heterocycles. The molecule has 8 heteroatoms. The lowest BCUT2D eigenvalue weighted by Gasteiger charge is -2.17. The zero-order valence-electron chi connectivity index (χ0n) is 17.7. The van der Waals surface area contributed by atoms with E-state index in [0.29, 0.717) is 4.90 Å². The molecule has 0 spiro atoms. The first kappa shape index (κ1) is 24.3. The van der Waals surface area contributed by atoms with Crippen LogP contribution in [0.2, 0.25) is 0 Å². The molecule has 166 valence electrons. The molecule has 0 unspecified atom stereocenters. The van der Waals surface area contributed by atoms with Gasteiger partial charge in [0.25, 0.3) is 0 Å². The normalized spacial score (nSPS) is 13.5.